The molecule has 7 heteroatoms. The van der Waals surface area contributed by atoms with Crippen molar-refractivity contribution < 1.29 is 4.74 Å². The summed E-state index contributed by atoms with van der Waals surface area (Å²) in [5.41, 5.74) is 0. The molecule has 2 aliphatic heterocycles. The normalized spacial score (nSPS) is 23.3. The molecule has 144 valence electrons. The number of aliphatic imine (C=N–C) groups is 1. The van der Waals surface area contributed by atoms with E-state index in [2.05, 4.69) is 67.2 Å². The highest BCUT2D eigenvalue weighted by Gasteiger charge is 2.30. The molecule has 1 aromatic carbocycles. The van der Waals surface area contributed by atoms with Crippen molar-refractivity contribution in [2.75, 3.05) is 53.0 Å². The van der Waals surface area contributed by atoms with E-state index in [-0.39, 0.29) is 0 Å². The molecule has 1 N–H and O–H groups in total. The van der Waals surface area contributed by atoms with Crippen molar-refractivity contribution in [1.82, 2.24) is 15.1 Å². The Kier molecular flexibility index (Phi) is 7.66. The van der Waals surface area contributed by atoms with Crippen LogP contribution in [-0.2, 0) is 4.74 Å². The molecule has 0 radical (unpaired) electrons. The van der Waals surface area contributed by atoms with Crippen LogP contribution >= 0.6 is 27.7 Å². The van der Waals surface area contributed by atoms with Crippen molar-refractivity contribution in [3.63, 3.8) is 0 Å². The Morgan fingerprint density at radius 3 is 2.73 bits per heavy atom. The molecule has 0 aliphatic carbocycles. The zero-order valence-corrected chi connectivity index (χ0v) is 18.1. The Morgan fingerprint density at radius 2 is 2.04 bits per heavy atom. The maximum atomic E-state index is 5.48. The minimum absolute atomic E-state index is 0.477. The van der Waals surface area contributed by atoms with Crippen molar-refractivity contribution in [3.05, 3.63) is 28.7 Å². The summed E-state index contributed by atoms with van der Waals surface area (Å²) in [5, 5.41) is 4.05. The lowest BCUT2D eigenvalue weighted by molar-refractivity contribution is 0.0195. The fourth-order valence-electron chi connectivity index (χ4n) is 3.53. The third kappa shape index (κ3) is 5.62. The molecule has 26 heavy (non-hydrogen) atoms. The summed E-state index contributed by atoms with van der Waals surface area (Å²) in [6.07, 6.45) is 1.21. The molecule has 2 fully saturated rings. The number of nitrogens with zero attached hydrogens (tertiary/aromatic N) is 3. The van der Waals surface area contributed by atoms with E-state index in [1.54, 1.807) is 0 Å². The lowest BCUT2D eigenvalue weighted by Gasteiger charge is -2.32. The van der Waals surface area contributed by atoms with Crippen LogP contribution in [0.1, 0.15) is 13.3 Å². The number of thioether (sulfide) groups is 1. The van der Waals surface area contributed by atoms with Gasteiger partial charge in [0.1, 0.15) is 0 Å². The molecule has 0 spiro atoms. The fourth-order valence-corrected chi connectivity index (χ4v) is 4.72. The van der Waals surface area contributed by atoms with Crippen molar-refractivity contribution in [1.29, 1.82) is 0 Å². The molecule has 5 nitrogen and oxygen atoms in total. The number of guanidine groups is 1. The maximum absolute atomic E-state index is 5.48. The van der Waals surface area contributed by atoms with Crippen molar-refractivity contribution in [2.45, 2.75) is 29.5 Å². The van der Waals surface area contributed by atoms with Crippen LogP contribution in [0.15, 0.2) is 38.6 Å². The molecule has 0 bridgehead atoms. The first kappa shape index (κ1) is 20.0. The second-order valence-electron chi connectivity index (χ2n) is 6.85. The Bertz CT molecular complexity index is 592. The van der Waals surface area contributed by atoms with Gasteiger partial charge in [0.25, 0.3) is 0 Å². The summed E-state index contributed by atoms with van der Waals surface area (Å²) in [4.78, 5) is 10.8. The maximum Gasteiger partial charge on any atom is 0.193 e. The van der Waals surface area contributed by atoms with Crippen LogP contribution in [0.5, 0.6) is 0 Å². The largest absolute Gasteiger partial charge is 0.379 e. The van der Waals surface area contributed by atoms with Crippen LogP contribution in [0, 0.1) is 0 Å². The van der Waals surface area contributed by atoms with Gasteiger partial charge in [0.15, 0.2) is 5.96 Å². The van der Waals surface area contributed by atoms with Crippen molar-refractivity contribution in [3.8, 4) is 0 Å². The number of benzene rings is 1. The summed E-state index contributed by atoms with van der Waals surface area (Å²) >= 11 is 5.38. The second-order valence-corrected chi connectivity index (χ2v) is 9.27. The zero-order chi connectivity index (χ0) is 18.4. The highest BCUT2D eigenvalue weighted by atomic mass is 79.9. The zero-order valence-electron chi connectivity index (χ0n) is 15.7. The average Bonchev–Trinajstić information content (AvgIpc) is 3.15. The monoisotopic (exact) mass is 440 g/mol. The van der Waals surface area contributed by atoms with Gasteiger partial charge in [0, 0.05) is 60.4 Å². The summed E-state index contributed by atoms with van der Waals surface area (Å²) in [5.74, 6) is 1.03. The molecular formula is C19H29BrN4OS. The van der Waals surface area contributed by atoms with Crippen LogP contribution in [0.2, 0.25) is 0 Å². The summed E-state index contributed by atoms with van der Waals surface area (Å²) in [7, 11) is 1.89. The van der Waals surface area contributed by atoms with Gasteiger partial charge in [-0.05, 0) is 30.7 Å². The minimum atomic E-state index is 0.477. The predicted molar refractivity (Wildman–Crippen MR) is 113 cm³/mol. The van der Waals surface area contributed by atoms with E-state index in [9.17, 15) is 0 Å². The number of hydrogen-bond acceptors (Lipinski definition) is 4. The van der Waals surface area contributed by atoms with Gasteiger partial charge in [0.05, 0.1) is 13.2 Å². The molecule has 0 amide bonds. The summed E-state index contributed by atoms with van der Waals surface area (Å²) in [6.45, 7) is 9.17. The summed E-state index contributed by atoms with van der Waals surface area (Å²) in [6, 6.07) is 9.14. The van der Waals surface area contributed by atoms with Gasteiger partial charge in [-0.3, -0.25) is 9.89 Å². The molecule has 0 aromatic heterocycles. The number of ether oxygens (including phenoxy) is 1. The standard InChI is InChI=1S/C19H29BrN4OS/c1-15(26-18-5-3-16(20)4-6-18)13-22-19(21-2)24-8-7-17(14-24)23-9-11-25-12-10-23/h3-6,15,17H,7-14H2,1-2H3,(H,21,22). The van der Waals surface area contributed by atoms with Crippen molar-refractivity contribution >= 4 is 33.7 Å². The molecule has 2 heterocycles. The second kappa shape index (κ2) is 9.97. The summed E-state index contributed by atoms with van der Waals surface area (Å²) < 4.78 is 6.60. The highest BCUT2D eigenvalue weighted by Crippen LogP contribution is 2.24. The van der Waals surface area contributed by atoms with E-state index in [0.29, 0.717) is 11.3 Å². The van der Waals surface area contributed by atoms with Gasteiger partial charge in [0.2, 0.25) is 0 Å². The van der Waals surface area contributed by atoms with Gasteiger partial charge in [-0.2, -0.15) is 0 Å². The van der Waals surface area contributed by atoms with E-state index in [1.807, 2.05) is 18.8 Å². The number of rotatable bonds is 5. The first-order valence-electron chi connectivity index (χ1n) is 9.35. The van der Waals surface area contributed by atoms with Crippen molar-refractivity contribution in [2.24, 2.45) is 4.99 Å². The molecule has 3 rings (SSSR count). The van der Waals surface area contributed by atoms with Gasteiger partial charge in [-0.1, -0.05) is 22.9 Å². The van der Waals surface area contributed by atoms with Crippen LogP contribution in [0.4, 0.5) is 0 Å². The lowest BCUT2D eigenvalue weighted by atomic mass is 10.2. The molecule has 0 saturated carbocycles. The van der Waals surface area contributed by atoms with Crippen LogP contribution < -0.4 is 5.32 Å². The van der Waals surface area contributed by atoms with E-state index in [4.69, 9.17) is 4.74 Å². The molecule has 2 atom stereocenters. The topological polar surface area (TPSA) is 40.1 Å². The lowest BCUT2D eigenvalue weighted by Crippen LogP contribution is -2.47. The third-order valence-corrected chi connectivity index (χ3v) is 6.58. The van der Waals surface area contributed by atoms with Gasteiger partial charge in [-0.15, -0.1) is 11.8 Å². The number of hydrogen-bond donors (Lipinski definition) is 1. The number of morpholine rings is 1. The smallest absolute Gasteiger partial charge is 0.193 e. The SMILES string of the molecule is CN=C(NCC(C)Sc1ccc(Br)cc1)N1CCC(N2CCOCC2)C1. The van der Waals surface area contributed by atoms with Gasteiger partial charge >= 0.3 is 0 Å². The van der Waals surface area contributed by atoms with E-state index >= 15 is 0 Å². The molecule has 2 unspecified atom stereocenters. The molecule has 2 aliphatic rings. The van der Waals surface area contributed by atoms with Gasteiger partial charge < -0.3 is 15.0 Å². The minimum Gasteiger partial charge on any atom is -0.379 e. The Hall–Kier alpha value is -0.760. The average molecular weight is 441 g/mol. The number of nitrogens with one attached hydrogen (secondary N) is 1. The van der Waals surface area contributed by atoms with Crippen LogP contribution in [0.3, 0.4) is 0 Å². The van der Waals surface area contributed by atoms with E-state index in [1.165, 1.54) is 11.3 Å². The predicted octanol–water partition coefficient (Wildman–Crippen LogP) is 2.91. The van der Waals surface area contributed by atoms with Crippen LogP contribution in [-0.4, -0.2) is 80.0 Å². The molecule has 2 saturated heterocycles. The van der Waals surface area contributed by atoms with E-state index in [0.717, 1.165) is 56.4 Å². The number of likely N-dealkylation sites (tertiary alicyclic amines) is 1. The van der Waals surface area contributed by atoms with Crippen LogP contribution in [0.25, 0.3) is 0 Å². The first-order chi connectivity index (χ1) is 12.7. The van der Waals surface area contributed by atoms with E-state index < -0.39 is 0 Å². The molecule has 1 aromatic rings. The Balaban J connectivity index is 1.45. The number of halogens is 1. The Morgan fingerprint density at radius 1 is 1.31 bits per heavy atom. The van der Waals surface area contributed by atoms with Gasteiger partial charge in [-0.25, -0.2) is 0 Å². The highest BCUT2D eigenvalue weighted by molar-refractivity contribution is 9.10. The first-order valence-corrected chi connectivity index (χ1v) is 11.0. The fraction of sp³-hybridized carbons (Fsp3) is 0.632. The molecular weight excluding hydrogens is 412 g/mol. The quantitative estimate of drug-likeness (QED) is 0.432. The Labute approximate surface area is 169 Å². The third-order valence-electron chi connectivity index (χ3n) is 4.94.